The predicted octanol–water partition coefficient (Wildman–Crippen LogP) is 2.74. The maximum atomic E-state index is 9.98. The Bertz CT molecular complexity index is 267. The molecule has 0 fully saturated rings. The van der Waals surface area contributed by atoms with Crippen LogP contribution in [0.4, 0.5) is 0 Å². The number of nitrogens with zero attached hydrogens (tertiary/aromatic N) is 2. The molecule has 11 heavy (non-hydrogen) atoms. The van der Waals surface area contributed by atoms with Crippen LogP contribution in [0.25, 0.3) is 0 Å². The van der Waals surface area contributed by atoms with Gasteiger partial charge in [0.05, 0.1) is 5.02 Å². The molecule has 0 spiro atoms. The number of hydrogen-bond acceptors (Lipinski definition) is 3. The van der Waals surface area contributed by atoms with E-state index in [1.165, 1.54) is 6.20 Å². The lowest BCUT2D eigenvalue weighted by Crippen LogP contribution is -1.90. The summed E-state index contributed by atoms with van der Waals surface area (Å²) in [6.07, 6.45) is 1.50. The van der Waals surface area contributed by atoms with Crippen molar-refractivity contribution in [2.75, 3.05) is 0 Å². The Labute approximate surface area is 73.3 Å². The second kappa shape index (κ2) is 3.64. The third kappa shape index (κ3) is 1.88. The molecule has 0 saturated carbocycles. The van der Waals surface area contributed by atoms with Gasteiger partial charge < -0.3 is 0 Å². The molecule has 1 heterocycles. The molecule has 0 amide bonds. The molecule has 1 aromatic rings. The lowest BCUT2D eigenvalue weighted by Gasteiger charge is -2.00. The van der Waals surface area contributed by atoms with Crippen molar-refractivity contribution < 1.29 is 0 Å². The van der Waals surface area contributed by atoms with Crippen LogP contribution in [0.15, 0.2) is 23.5 Å². The van der Waals surface area contributed by atoms with Crippen LogP contribution < -0.4 is 0 Å². The highest BCUT2D eigenvalue weighted by Gasteiger charge is 2.11. The number of halogens is 2. The van der Waals surface area contributed by atoms with Crippen LogP contribution in [0.5, 0.6) is 0 Å². The van der Waals surface area contributed by atoms with Crippen LogP contribution in [0.1, 0.15) is 11.2 Å². The van der Waals surface area contributed by atoms with E-state index in [4.69, 9.17) is 23.2 Å². The molecule has 0 aliphatic carbocycles. The van der Waals surface area contributed by atoms with E-state index in [-0.39, 0.29) is 0 Å². The summed E-state index contributed by atoms with van der Waals surface area (Å²) in [7, 11) is 0. The van der Waals surface area contributed by atoms with Gasteiger partial charge in [-0.15, -0.1) is 4.91 Å². The molecule has 5 heteroatoms. The number of nitroso groups, excluding NO2 is 1. The number of pyridine rings is 1. The van der Waals surface area contributed by atoms with Gasteiger partial charge in [0, 0.05) is 6.20 Å². The van der Waals surface area contributed by atoms with E-state index in [1.54, 1.807) is 12.1 Å². The summed E-state index contributed by atoms with van der Waals surface area (Å²) in [5.41, 5.74) is -0.700. The van der Waals surface area contributed by atoms with Gasteiger partial charge in [-0.1, -0.05) is 23.2 Å². The van der Waals surface area contributed by atoms with Crippen molar-refractivity contribution in [3.05, 3.63) is 34.0 Å². The maximum Gasteiger partial charge on any atom is 0.208 e. The molecule has 3 nitrogen and oxygen atoms in total. The molecule has 0 N–H and O–H groups in total. The van der Waals surface area contributed by atoms with Gasteiger partial charge in [-0.05, 0) is 17.3 Å². The van der Waals surface area contributed by atoms with Crippen molar-refractivity contribution >= 4 is 23.2 Å². The minimum atomic E-state index is -0.997. The number of alkyl halides is 1. The first-order chi connectivity index (χ1) is 5.25. The van der Waals surface area contributed by atoms with Crippen molar-refractivity contribution in [2.45, 2.75) is 5.50 Å². The quantitative estimate of drug-likeness (QED) is 0.409. The van der Waals surface area contributed by atoms with E-state index in [0.29, 0.717) is 10.7 Å². The Kier molecular flexibility index (Phi) is 2.79. The summed E-state index contributed by atoms with van der Waals surface area (Å²) in [5.74, 6) is 0. The molecular formula is C6H4Cl2N2O. The normalized spacial score (nSPS) is 12.5. The van der Waals surface area contributed by atoms with Crippen molar-refractivity contribution in [2.24, 2.45) is 5.18 Å². The molecule has 1 unspecified atom stereocenters. The maximum absolute atomic E-state index is 9.98. The smallest absolute Gasteiger partial charge is 0.208 e. The second-order valence-corrected chi connectivity index (χ2v) is 2.63. The average molecular weight is 191 g/mol. The molecule has 0 radical (unpaired) electrons. The highest BCUT2D eigenvalue weighted by atomic mass is 35.5. The Hall–Kier alpha value is -0.670. The zero-order valence-corrected chi connectivity index (χ0v) is 6.88. The average Bonchev–Trinajstić information content (AvgIpc) is 2.04. The summed E-state index contributed by atoms with van der Waals surface area (Å²) in [6, 6.07) is 3.25. The van der Waals surface area contributed by atoms with Crippen molar-refractivity contribution in [3.63, 3.8) is 0 Å². The molecule has 0 saturated heterocycles. The van der Waals surface area contributed by atoms with E-state index < -0.39 is 5.50 Å². The molecule has 0 bridgehead atoms. The van der Waals surface area contributed by atoms with Crippen molar-refractivity contribution in [1.82, 2.24) is 4.98 Å². The van der Waals surface area contributed by atoms with Crippen LogP contribution in [0.3, 0.4) is 0 Å². The van der Waals surface area contributed by atoms with E-state index in [9.17, 15) is 4.91 Å². The highest BCUT2D eigenvalue weighted by molar-refractivity contribution is 6.32. The van der Waals surface area contributed by atoms with Gasteiger partial charge in [-0.3, -0.25) is 4.98 Å². The first-order valence-electron chi connectivity index (χ1n) is 2.82. The fourth-order valence-electron chi connectivity index (χ4n) is 0.623. The van der Waals surface area contributed by atoms with Crippen LogP contribution >= 0.6 is 23.2 Å². The molecule has 1 rings (SSSR count). The Balaban J connectivity index is 3.02. The van der Waals surface area contributed by atoms with Gasteiger partial charge in [-0.2, -0.15) is 0 Å². The highest BCUT2D eigenvalue weighted by Crippen LogP contribution is 2.25. The van der Waals surface area contributed by atoms with Gasteiger partial charge in [0.2, 0.25) is 5.50 Å². The van der Waals surface area contributed by atoms with Crippen LogP contribution in [0.2, 0.25) is 5.02 Å². The van der Waals surface area contributed by atoms with E-state index in [0.717, 1.165) is 0 Å². The van der Waals surface area contributed by atoms with E-state index >= 15 is 0 Å². The molecule has 1 atom stereocenters. The third-order valence-electron chi connectivity index (χ3n) is 1.11. The van der Waals surface area contributed by atoms with Gasteiger partial charge in [0.15, 0.2) is 0 Å². The standard InChI is InChI=1S/C6H4Cl2N2O/c7-4-2-1-3-9-5(4)6(8)10-11/h1-3,6H. The monoisotopic (exact) mass is 190 g/mol. The van der Waals surface area contributed by atoms with Gasteiger partial charge in [0.1, 0.15) is 5.69 Å². The Morgan fingerprint density at radius 2 is 2.36 bits per heavy atom. The molecule has 58 valence electrons. The fraction of sp³-hybridized carbons (Fsp3) is 0.167. The predicted molar refractivity (Wildman–Crippen MR) is 43.6 cm³/mol. The number of hydrogen-bond donors (Lipinski definition) is 0. The van der Waals surface area contributed by atoms with Crippen LogP contribution in [0, 0.1) is 4.91 Å². The summed E-state index contributed by atoms with van der Waals surface area (Å²) in [5, 5.41) is 2.94. The second-order valence-electron chi connectivity index (χ2n) is 1.81. The van der Waals surface area contributed by atoms with E-state index in [1.807, 2.05) is 0 Å². The topological polar surface area (TPSA) is 42.3 Å². The summed E-state index contributed by atoms with van der Waals surface area (Å²) in [6.45, 7) is 0. The van der Waals surface area contributed by atoms with Crippen molar-refractivity contribution in [1.29, 1.82) is 0 Å². The molecular weight excluding hydrogens is 187 g/mol. The Morgan fingerprint density at radius 1 is 1.64 bits per heavy atom. The fourth-order valence-corrected chi connectivity index (χ4v) is 1.08. The molecule has 0 aliphatic rings. The van der Waals surface area contributed by atoms with Crippen molar-refractivity contribution in [3.8, 4) is 0 Å². The lowest BCUT2D eigenvalue weighted by atomic mass is 10.3. The van der Waals surface area contributed by atoms with E-state index in [2.05, 4.69) is 10.2 Å². The summed E-state index contributed by atoms with van der Waals surface area (Å²) in [4.78, 5) is 13.8. The third-order valence-corrected chi connectivity index (χ3v) is 1.71. The van der Waals surface area contributed by atoms with Crippen LogP contribution in [-0.4, -0.2) is 4.98 Å². The van der Waals surface area contributed by atoms with Gasteiger partial charge in [-0.25, -0.2) is 0 Å². The minimum Gasteiger partial charge on any atom is -0.256 e. The zero-order chi connectivity index (χ0) is 8.27. The SMILES string of the molecule is O=NC(Cl)c1ncccc1Cl. The first kappa shape index (κ1) is 8.43. The molecule has 1 aromatic heterocycles. The number of rotatable bonds is 2. The molecule has 0 aliphatic heterocycles. The lowest BCUT2D eigenvalue weighted by molar-refractivity contribution is 0.941. The Morgan fingerprint density at radius 3 is 2.91 bits per heavy atom. The molecule has 0 aromatic carbocycles. The number of aromatic nitrogens is 1. The summed E-state index contributed by atoms with van der Waals surface area (Å²) >= 11 is 11.1. The largest absolute Gasteiger partial charge is 0.256 e. The first-order valence-corrected chi connectivity index (χ1v) is 3.64. The van der Waals surface area contributed by atoms with Gasteiger partial charge in [0.25, 0.3) is 0 Å². The van der Waals surface area contributed by atoms with Gasteiger partial charge >= 0.3 is 0 Å². The zero-order valence-electron chi connectivity index (χ0n) is 5.37. The minimum absolute atomic E-state index is 0.297. The summed E-state index contributed by atoms with van der Waals surface area (Å²) < 4.78 is 0. The van der Waals surface area contributed by atoms with Crippen LogP contribution in [-0.2, 0) is 0 Å².